The maximum atomic E-state index is 5.56. The zero-order valence-corrected chi connectivity index (χ0v) is 17.0. The molecule has 0 unspecified atom stereocenters. The van der Waals surface area contributed by atoms with Crippen molar-refractivity contribution in [3.05, 3.63) is 35.3 Å². The lowest BCUT2D eigenvalue weighted by Crippen LogP contribution is -2.02. The van der Waals surface area contributed by atoms with Crippen LogP contribution in [0.2, 0.25) is 0 Å². The molecule has 0 bridgehead atoms. The van der Waals surface area contributed by atoms with Gasteiger partial charge >= 0.3 is 0 Å². The first-order valence-corrected chi connectivity index (χ1v) is 9.33. The molecule has 0 saturated carbocycles. The number of hydrogen-bond donors (Lipinski definition) is 0. The molecule has 0 fully saturated rings. The monoisotopic (exact) mass is 368 g/mol. The molecule has 0 N–H and O–H groups in total. The van der Waals surface area contributed by atoms with E-state index < -0.39 is 0 Å². The summed E-state index contributed by atoms with van der Waals surface area (Å²) in [6.07, 6.45) is 4.00. The fourth-order valence-electron chi connectivity index (χ4n) is 3.28. The van der Waals surface area contributed by atoms with E-state index >= 15 is 0 Å². The molecule has 6 heteroatoms. The van der Waals surface area contributed by atoms with Gasteiger partial charge in [-0.25, -0.2) is 15.0 Å². The van der Waals surface area contributed by atoms with Crippen LogP contribution in [0.1, 0.15) is 43.1 Å². The van der Waals surface area contributed by atoms with Crippen molar-refractivity contribution in [3.63, 3.8) is 0 Å². The van der Waals surface area contributed by atoms with E-state index in [0.717, 1.165) is 53.3 Å². The molecule has 6 nitrogen and oxygen atoms in total. The summed E-state index contributed by atoms with van der Waals surface area (Å²) in [4.78, 5) is 14.5. The molecule has 0 aromatic carbocycles. The average molecular weight is 368 g/mol. The summed E-state index contributed by atoms with van der Waals surface area (Å²) in [6, 6.07) is 4.07. The number of methoxy groups -OCH3 is 2. The third-order valence-electron chi connectivity index (χ3n) is 4.76. The Hall–Kier alpha value is -2.47. The van der Waals surface area contributed by atoms with Gasteiger partial charge in [-0.05, 0) is 43.4 Å². The molecule has 3 aromatic rings. The highest BCUT2D eigenvalue weighted by Gasteiger charge is 2.18. The zero-order valence-electron chi connectivity index (χ0n) is 17.0. The predicted molar refractivity (Wildman–Crippen MR) is 107 cm³/mol. The van der Waals surface area contributed by atoms with E-state index in [1.165, 1.54) is 5.56 Å². The Kier molecular flexibility index (Phi) is 5.75. The Morgan fingerprint density at radius 2 is 1.89 bits per heavy atom. The molecule has 3 rings (SSSR count). The molecule has 0 aliphatic heterocycles. The molecule has 3 heterocycles. The van der Waals surface area contributed by atoms with Gasteiger partial charge in [0.05, 0.1) is 24.1 Å². The minimum atomic E-state index is 0.338. The van der Waals surface area contributed by atoms with Gasteiger partial charge in [0.1, 0.15) is 5.52 Å². The molecule has 0 aliphatic rings. The molecule has 0 saturated heterocycles. The van der Waals surface area contributed by atoms with Crippen molar-refractivity contribution >= 4 is 11.2 Å². The first-order chi connectivity index (χ1) is 13.0. The van der Waals surface area contributed by atoms with E-state index in [9.17, 15) is 0 Å². The molecule has 27 heavy (non-hydrogen) atoms. The summed E-state index contributed by atoms with van der Waals surface area (Å²) in [6.45, 7) is 6.97. The first kappa shape index (κ1) is 19.3. The van der Waals surface area contributed by atoms with Crippen LogP contribution in [0.5, 0.6) is 5.88 Å². The van der Waals surface area contributed by atoms with Gasteiger partial charge < -0.3 is 14.0 Å². The minimum Gasteiger partial charge on any atom is -0.480 e. The second-order valence-corrected chi connectivity index (χ2v) is 7.14. The largest absolute Gasteiger partial charge is 0.480 e. The second-order valence-electron chi connectivity index (χ2n) is 7.14. The van der Waals surface area contributed by atoms with Crippen molar-refractivity contribution in [2.24, 2.45) is 7.05 Å². The van der Waals surface area contributed by atoms with Crippen molar-refractivity contribution in [3.8, 4) is 17.1 Å². The van der Waals surface area contributed by atoms with E-state index in [2.05, 4.69) is 25.0 Å². The summed E-state index contributed by atoms with van der Waals surface area (Å²) < 4.78 is 12.8. The molecule has 0 atom stereocenters. The molecular weight excluding hydrogens is 340 g/mol. The van der Waals surface area contributed by atoms with Gasteiger partial charge in [-0.3, -0.25) is 0 Å². The highest BCUT2D eigenvalue weighted by Crippen LogP contribution is 2.32. The molecule has 0 spiro atoms. The highest BCUT2D eigenvalue weighted by atomic mass is 16.5. The Balaban J connectivity index is 2.08. The van der Waals surface area contributed by atoms with Gasteiger partial charge in [-0.2, -0.15) is 0 Å². The lowest BCUT2D eigenvalue weighted by atomic mass is 10.1. The van der Waals surface area contributed by atoms with Crippen LogP contribution in [0, 0.1) is 6.92 Å². The lowest BCUT2D eigenvalue weighted by Gasteiger charge is -2.12. The SMILES string of the molecule is COCCCc1cn(C)c2nc(-c3ccc(C(C)C)nc3OC)c(C)nc12. The Bertz CT molecular complexity index is 947. The van der Waals surface area contributed by atoms with Crippen LogP contribution < -0.4 is 4.74 Å². The van der Waals surface area contributed by atoms with E-state index in [1.54, 1.807) is 14.2 Å². The maximum Gasteiger partial charge on any atom is 0.222 e. The second kappa shape index (κ2) is 8.05. The first-order valence-electron chi connectivity index (χ1n) is 9.33. The Labute approximate surface area is 160 Å². The van der Waals surface area contributed by atoms with Crippen molar-refractivity contribution < 1.29 is 9.47 Å². The Morgan fingerprint density at radius 1 is 1.11 bits per heavy atom. The van der Waals surface area contributed by atoms with Crippen LogP contribution in [0.15, 0.2) is 18.3 Å². The van der Waals surface area contributed by atoms with Crippen LogP contribution in [0.25, 0.3) is 22.4 Å². The van der Waals surface area contributed by atoms with Gasteiger partial charge in [0.15, 0.2) is 5.65 Å². The lowest BCUT2D eigenvalue weighted by molar-refractivity contribution is 0.195. The van der Waals surface area contributed by atoms with Crippen molar-refractivity contribution in [2.75, 3.05) is 20.8 Å². The molecule has 3 aromatic heterocycles. The van der Waals surface area contributed by atoms with E-state index in [1.807, 2.05) is 30.7 Å². The van der Waals surface area contributed by atoms with Gasteiger partial charge in [-0.15, -0.1) is 0 Å². The average Bonchev–Trinajstić information content (AvgIpc) is 2.95. The van der Waals surface area contributed by atoms with Gasteiger partial charge in [-0.1, -0.05) is 13.8 Å². The smallest absolute Gasteiger partial charge is 0.222 e. The number of rotatable bonds is 7. The van der Waals surface area contributed by atoms with Crippen LogP contribution >= 0.6 is 0 Å². The summed E-state index contributed by atoms with van der Waals surface area (Å²) in [5.74, 6) is 0.928. The number of aromatic nitrogens is 4. The third-order valence-corrected chi connectivity index (χ3v) is 4.76. The molecule has 144 valence electrons. The fraction of sp³-hybridized carbons (Fsp3) is 0.476. The van der Waals surface area contributed by atoms with E-state index in [-0.39, 0.29) is 0 Å². The molecule has 0 aliphatic carbocycles. The summed E-state index contributed by atoms with van der Waals surface area (Å²) in [5, 5.41) is 0. The quantitative estimate of drug-likeness (QED) is 0.589. The number of nitrogens with zero attached hydrogens (tertiary/aromatic N) is 4. The number of aryl methyl sites for hydroxylation is 3. The zero-order chi connectivity index (χ0) is 19.6. The molecule has 0 radical (unpaired) electrons. The minimum absolute atomic E-state index is 0.338. The van der Waals surface area contributed by atoms with E-state index in [4.69, 9.17) is 19.4 Å². The Morgan fingerprint density at radius 3 is 2.56 bits per heavy atom. The predicted octanol–water partition coefficient (Wildman–Crippen LogP) is 4.05. The van der Waals surface area contributed by atoms with Crippen LogP contribution in [0.3, 0.4) is 0 Å². The van der Waals surface area contributed by atoms with Gasteiger partial charge in [0, 0.05) is 32.7 Å². The molecule has 0 amide bonds. The normalized spacial score (nSPS) is 11.5. The number of ether oxygens (including phenoxy) is 2. The number of hydrogen-bond acceptors (Lipinski definition) is 5. The third kappa shape index (κ3) is 3.81. The maximum absolute atomic E-state index is 5.56. The summed E-state index contributed by atoms with van der Waals surface area (Å²) in [5.41, 5.74) is 6.59. The molecular formula is C21H28N4O2. The van der Waals surface area contributed by atoms with Gasteiger partial charge in [0.25, 0.3) is 0 Å². The number of pyridine rings is 1. The van der Waals surface area contributed by atoms with Crippen molar-refractivity contribution in [1.82, 2.24) is 19.5 Å². The summed E-state index contributed by atoms with van der Waals surface area (Å²) in [7, 11) is 5.38. The van der Waals surface area contributed by atoms with Gasteiger partial charge in [0.2, 0.25) is 5.88 Å². The van der Waals surface area contributed by atoms with Crippen LogP contribution in [-0.2, 0) is 18.2 Å². The van der Waals surface area contributed by atoms with Crippen molar-refractivity contribution in [1.29, 1.82) is 0 Å². The standard InChI is InChI=1S/C21H28N4O2/c1-13(2)17-10-9-16(21(23-17)27-6)18-14(3)22-19-15(8-7-11-26-5)12-25(4)20(19)24-18/h9-10,12-13H,7-8,11H2,1-6H3. The topological polar surface area (TPSA) is 62.1 Å². The summed E-state index contributed by atoms with van der Waals surface area (Å²) >= 11 is 0. The highest BCUT2D eigenvalue weighted by molar-refractivity contribution is 5.80. The van der Waals surface area contributed by atoms with E-state index in [0.29, 0.717) is 11.8 Å². The fourth-order valence-corrected chi connectivity index (χ4v) is 3.28. The van der Waals surface area contributed by atoms with Crippen LogP contribution in [0.4, 0.5) is 0 Å². The van der Waals surface area contributed by atoms with Crippen molar-refractivity contribution in [2.45, 2.75) is 39.5 Å². The van der Waals surface area contributed by atoms with Crippen LogP contribution in [-0.4, -0.2) is 40.3 Å². The number of fused-ring (bicyclic) bond motifs is 1.